The van der Waals surface area contributed by atoms with Gasteiger partial charge >= 0.3 is 0 Å². The lowest BCUT2D eigenvalue weighted by Gasteiger charge is -2.06. The molecule has 4 aromatic rings. The largest absolute Gasteiger partial charge is 0.451 e. The summed E-state index contributed by atoms with van der Waals surface area (Å²) in [6.45, 7) is 3.33. The number of ether oxygens (including phenoxy) is 1. The molecule has 0 radical (unpaired) electrons. The molecule has 0 unspecified atom stereocenters. The predicted octanol–water partition coefficient (Wildman–Crippen LogP) is 4.81. The SMILES string of the molecule is CCn1ccc2cc(NC(=O)c3oc4ccccc4c3COC)ccc21. The molecule has 2 aromatic heterocycles. The van der Waals surface area contributed by atoms with Crippen molar-refractivity contribution in [2.75, 3.05) is 12.4 Å². The maximum absolute atomic E-state index is 12.8. The van der Waals surface area contributed by atoms with Crippen LogP contribution in [-0.2, 0) is 17.9 Å². The van der Waals surface area contributed by atoms with E-state index in [-0.39, 0.29) is 5.91 Å². The number of methoxy groups -OCH3 is 1. The maximum Gasteiger partial charge on any atom is 0.291 e. The minimum Gasteiger partial charge on any atom is -0.451 e. The number of hydrogen-bond donors (Lipinski definition) is 1. The second kappa shape index (κ2) is 6.69. The van der Waals surface area contributed by atoms with Crippen molar-refractivity contribution in [3.05, 3.63) is 66.1 Å². The minimum absolute atomic E-state index is 0.275. The van der Waals surface area contributed by atoms with Crippen LogP contribution in [0.3, 0.4) is 0 Å². The van der Waals surface area contributed by atoms with E-state index < -0.39 is 0 Å². The van der Waals surface area contributed by atoms with Crippen molar-refractivity contribution in [2.24, 2.45) is 0 Å². The van der Waals surface area contributed by atoms with Crippen LogP contribution in [0.15, 0.2) is 59.1 Å². The second-order valence-corrected chi connectivity index (χ2v) is 6.17. The van der Waals surface area contributed by atoms with Crippen LogP contribution in [0.25, 0.3) is 21.9 Å². The molecule has 0 atom stereocenters. The fraction of sp³-hybridized carbons (Fsp3) is 0.190. The topological polar surface area (TPSA) is 56.4 Å². The number of fused-ring (bicyclic) bond motifs is 2. The van der Waals surface area contributed by atoms with Gasteiger partial charge in [0.2, 0.25) is 0 Å². The highest BCUT2D eigenvalue weighted by atomic mass is 16.5. The van der Waals surface area contributed by atoms with Crippen LogP contribution in [0.5, 0.6) is 0 Å². The Hall–Kier alpha value is -3.05. The second-order valence-electron chi connectivity index (χ2n) is 6.17. The van der Waals surface area contributed by atoms with Crippen LogP contribution in [0.2, 0.25) is 0 Å². The summed E-state index contributed by atoms with van der Waals surface area (Å²) in [7, 11) is 1.61. The number of carbonyl (C=O) groups excluding carboxylic acids is 1. The van der Waals surface area contributed by atoms with Crippen molar-refractivity contribution in [3.8, 4) is 0 Å². The van der Waals surface area contributed by atoms with Gasteiger partial charge in [-0.2, -0.15) is 0 Å². The fourth-order valence-electron chi connectivity index (χ4n) is 3.31. The van der Waals surface area contributed by atoms with Gasteiger partial charge in [-0.3, -0.25) is 4.79 Å². The molecule has 132 valence electrons. The molecule has 0 aliphatic carbocycles. The summed E-state index contributed by atoms with van der Waals surface area (Å²) < 4.78 is 13.2. The molecule has 0 saturated heterocycles. The van der Waals surface area contributed by atoms with Gasteiger partial charge in [0.05, 0.1) is 6.61 Å². The van der Waals surface area contributed by atoms with E-state index in [0.29, 0.717) is 18.0 Å². The number of benzene rings is 2. The van der Waals surface area contributed by atoms with E-state index in [1.54, 1.807) is 7.11 Å². The van der Waals surface area contributed by atoms with Gasteiger partial charge in [-0.1, -0.05) is 18.2 Å². The van der Waals surface area contributed by atoms with E-state index in [4.69, 9.17) is 9.15 Å². The number of para-hydroxylation sites is 1. The molecule has 2 heterocycles. The van der Waals surface area contributed by atoms with E-state index >= 15 is 0 Å². The molecule has 0 aliphatic heterocycles. The third kappa shape index (κ3) is 2.76. The molecule has 0 bridgehead atoms. The molecule has 1 amide bonds. The average molecular weight is 348 g/mol. The van der Waals surface area contributed by atoms with Gasteiger partial charge in [-0.25, -0.2) is 0 Å². The van der Waals surface area contributed by atoms with E-state index in [1.165, 1.54) is 0 Å². The van der Waals surface area contributed by atoms with Crippen molar-refractivity contribution >= 4 is 33.5 Å². The van der Waals surface area contributed by atoms with Crippen molar-refractivity contribution in [3.63, 3.8) is 0 Å². The highest BCUT2D eigenvalue weighted by molar-refractivity contribution is 6.07. The normalized spacial score (nSPS) is 11.3. The number of nitrogens with one attached hydrogen (secondary N) is 1. The van der Waals surface area contributed by atoms with Crippen LogP contribution in [0.4, 0.5) is 5.69 Å². The Labute approximate surface area is 151 Å². The zero-order valence-corrected chi connectivity index (χ0v) is 14.8. The monoisotopic (exact) mass is 348 g/mol. The first kappa shape index (κ1) is 16.4. The summed E-state index contributed by atoms with van der Waals surface area (Å²) >= 11 is 0. The van der Waals surface area contributed by atoms with Gasteiger partial charge in [0.25, 0.3) is 5.91 Å². The Morgan fingerprint density at radius 3 is 2.85 bits per heavy atom. The van der Waals surface area contributed by atoms with Gasteiger partial charge in [-0.15, -0.1) is 0 Å². The summed E-state index contributed by atoms with van der Waals surface area (Å²) in [5, 5.41) is 4.93. The molecule has 2 aromatic carbocycles. The number of nitrogens with zero attached hydrogens (tertiary/aromatic N) is 1. The number of aryl methyl sites for hydroxylation is 1. The molecular formula is C21H20N2O3. The lowest BCUT2D eigenvalue weighted by atomic mass is 10.1. The molecule has 5 nitrogen and oxygen atoms in total. The lowest BCUT2D eigenvalue weighted by Crippen LogP contribution is -2.13. The Morgan fingerprint density at radius 1 is 1.19 bits per heavy atom. The fourth-order valence-corrected chi connectivity index (χ4v) is 3.31. The summed E-state index contributed by atoms with van der Waals surface area (Å²) in [5.74, 6) is 0.0156. The third-order valence-corrected chi connectivity index (χ3v) is 4.56. The maximum atomic E-state index is 12.8. The number of rotatable bonds is 5. The van der Waals surface area contributed by atoms with Crippen molar-refractivity contribution in [1.82, 2.24) is 4.57 Å². The van der Waals surface area contributed by atoms with Gasteiger partial charge in [-0.05, 0) is 37.3 Å². The zero-order valence-electron chi connectivity index (χ0n) is 14.8. The molecule has 0 spiro atoms. The van der Waals surface area contributed by atoms with E-state index in [9.17, 15) is 4.79 Å². The quantitative estimate of drug-likeness (QED) is 0.563. The average Bonchev–Trinajstić information content (AvgIpc) is 3.23. The zero-order chi connectivity index (χ0) is 18.1. The standard InChI is InChI=1S/C21H20N2O3/c1-3-23-11-10-14-12-15(8-9-18(14)23)22-21(24)20-17(13-25-2)16-6-4-5-7-19(16)26-20/h4-12H,3,13H2,1-2H3,(H,22,24). The Bertz CT molecular complexity index is 1090. The summed E-state index contributed by atoms with van der Waals surface area (Å²) in [6.07, 6.45) is 2.05. The lowest BCUT2D eigenvalue weighted by molar-refractivity contribution is 0.0992. The number of furan rings is 1. The molecule has 4 rings (SSSR count). The Morgan fingerprint density at radius 2 is 2.04 bits per heavy atom. The van der Waals surface area contributed by atoms with Crippen molar-refractivity contribution in [1.29, 1.82) is 0 Å². The van der Waals surface area contributed by atoms with Crippen LogP contribution in [0, 0.1) is 0 Å². The van der Waals surface area contributed by atoms with Gasteiger partial charge in [0.1, 0.15) is 5.58 Å². The molecule has 0 aliphatic rings. The van der Waals surface area contributed by atoms with Crippen LogP contribution in [0.1, 0.15) is 23.0 Å². The first-order valence-corrected chi connectivity index (χ1v) is 8.61. The first-order valence-electron chi connectivity index (χ1n) is 8.61. The molecular weight excluding hydrogens is 328 g/mol. The smallest absolute Gasteiger partial charge is 0.291 e. The number of anilines is 1. The Balaban J connectivity index is 1.68. The van der Waals surface area contributed by atoms with Crippen molar-refractivity contribution in [2.45, 2.75) is 20.1 Å². The third-order valence-electron chi connectivity index (χ3n) is 4.56. The highest BCUT2D eigenvalue weighted by Gasteiger charge is 2.20. The molecule has 0 fully saturated rings. The number of carbonyl (C=O) groups is 1. The van der Waals surface area contributed by atoms with Crippen molar-refractivity contribution < 1.29 is 13.9 Å². The van der Waals surface area contributed by atoms with E-state index in [1.807, 2.05) is 54.7 Å². The van der Waals surface area contributed by atoms with Crippen LogP contribution < -0.4 is 5.32 Å². The summed E-state index contributed by atoms with van der Waals surface area (Å²) in [5.41, 5.74) is 3.33. The van der Waals surface area contributed by atoms with Gasteiger partial charge in [0, 0.05) is 47.4 Å². The predicted molar refractivity (Wildman–Crippen MR) is 102 cm³/mol. The van der Waals surface area contributed by atoms with Gasteiger partial charge in [0.15, 0.2) is 5.76 Å². The number of aromatic nitrogens is 1. The molecule has 1 N–H and O–H groups in total. The van der Waals surface area contributed by atoms with Crippen LogP contribution >= 0.6 is 0 Å². The van der Waals surface area contributed by atoms with Gasteiger partial charge < -0.3 is 19.0 Å². The number of hydrogen-bond acceptors (Lipinski definition) is 3. The number of amides is 1. The van der Waals surface area contributed by atoms with E-state index in [2.05, 4.69) is 16.8 Å². The summed E-state index contributed by atoms with van der Waals surface area (Å²) in [6, 6.07) is 15.5. The summed E-state index contributed by atoms with van der Waals surface area (Å²) in [4.78, 5) is 12.8. The van der Waals surface area contributed by atoms with Crippen LogP contribution in [-0.4, -0.2) is 17.6 Å². The Kier molecular flexibility index (Phi) is 4.22. The highest BCUT2D eigenvalue weighted by Crippen LogP contribution is 2.28. The molecule has 0 saturated carbocycles. The minimum atomic E-state index is -0.275. The molecule has 5 heteroatoms. The first-order chi connectivity index (χ1) is 12.7. The molecule has 26 heavy (non-hydrogen) atoms. The van der Waals surface area contributed by atoms with E-state index in [0.717, 1.165) is 34.1 Å².